The first-order valence-electron chi connectivity index (χ1n) is 6.50. The summed E-state index contributed by atoms with van der Waals surface area (Å²) in [5, 5.41) is 2.80. The predicted octanol–water partition coefficient (Wildman–Crippen LogP) is 3.08. The summed E-state index contributed by atoms with van der Waals surface area (Å²) in [6.45, 7) is 8.20. The number of amides is 1. The Balaban J connectivity index is 2.74. The van der Waals surface area contributed by atoms with Crippen LogP contribution in [0.1, 0.15) is 32.8 Å². The largest absolute Gasteiger partial charge is 0.330 e. The number of rotatable bonds is 4. The first-order valence-corrected chi connectivity index (χ1v) is 6.50. The van der Waals surface area contributed by atoms with Gasteiger partial charge in [0.05, 0.1) is 5.92 Å². The molecule has 0 aliphatic heterocycles. The lowest BCUT2D eigenvalue weighted by Crippen LogP contribution is -2.32. The van der Waals surface area contributed by atoms with E-state index in [2.05, 4.69) is 26.1 Å². The van der Waals surface area contributed by atoms with Gasteiger partial charge in [-0.15, -0.1) is 0 Å². The van der Waals surface area contributed by atoms with Gasteiger partial charge in [0.2, 0.25) is 5.91 Å². The number of anilines is 1. The Hall–Kier alpha value is -1.42. The third-order valence-corrected chi connectivity index (χ3v) is 2.94. The zero-order valence-electron chi connectivity index (χ0n) is 12.1. The summed E-state index contributed by atoms with van der Waals surface area (Å²) >= 11 is 0. The first-order chi connectivity index (χ1) is 8.73. The molecular formula is C15H23FN2O. The van der Waals surface area contributed by atoms with Gasteiger partial charge in [0.1, 0.15) is 5.82 Å². The lowest BCUT2D eigenvalue weighted by Gasteiger charge is -2.24. The number of aryl methyl sites for hydroxylation is 1. The average Bonchev–Trinajstić information content (AvgIpc) is 2.29. The number of nitrogens with one attached hydrogen (secondary N) is 1. The Morgan fingerprint density at radius 3 is 2.53 bits per heavy atom. The minimum Gasteiger partial charge on any atom is -0.330 e. The molecule has 1 rings (SSSR count). The van der Waals surface area contributed by atoms with Gasteiger partial charge in [0, 0.05) is 12.2 Å². The van der Waals surface area contributed by atoms with E-state index in [4.69, 9.17) is 5.73 Å². The van der Waals surface area contributed by atoms with Crippen LogP contribution >= 0.6 is 0 Å². The van der Waals surface area contributed by atoms with Gasteiger partial charge in [-0.3, -0.25) is 4.79 Å². The molecular weight excluding hydrogens is 243 g/mol. The fourth-order valence-corrected chi connectivity index (χ4v) is 1.99. The standard InChI is InChI=1S/C15H23FN2O/c1-10-7-12(5-6-13(10)16)18-14(19)11(9-17)8-15(2,3)4/h5-7,11H,8-9,17H2,1-4H3,(H,18,19). The van der Waals surface area contributed by atoms with E-state index < -0.39 is 0 Å². The first kappa shape index (κ1) is 15.6. The van der Waals surface area contributed by atoms with Crippen LogP contribution in [0.25, 0.3) is 0 Å². The maximum Gasteiger partial charge on any atom is 0.228 e. The topological polar surface area (TPSA) is 55.1 Å². The highest BCUT2D eigenvalue weighted by Gasteiger charge is 2.23. The highest BCUT2D eigenvalue weighted by molar-refractivity contribution is 5.92. The van der Waals surface area contributed by atoms with Gasteiger partial charge in [-0.2, -0.15) is 0 Å². The second-order valence-electron chi connectivity index (χ2n) is 6.15. The molecule has 1 unspecified atom stereocenters. The molecule has 0 saturated carbocycles. The summed E-state index contributed by atoms with van der Waals surface area (Å²) in [5.74, 6) is -0.614. The fourth-order valence-electron chi connectivity index (χ4n) is 1.99. The predicted molar refractivity (Wildman–Crippen MR) is 76.4 cm³/mol. The summed E-state index contributed by atoms with van der Waals surface area (Å²) < 4.78 is 13.2. The highest BCUT2D eigenvalue weighted by atomic mass is 19.1. The second kappa shape index (κ2) is 6.15. The molecule has 3 nitrogen and oxygen atoms in total. The van der Waals surface area contributed by atoms with E-state index in [-0.39, 0.29) is 23.1 Å². The van der Waals surface area contributed by atoms with Crippen LogP contribution in [0, 0.1) is 24.1 Å². The van der Waals surface area contributed by atoms with Gasteiger partial charge < -0.3 is 11.1 Å². The van der Waals surface area contributed by atoms with Crippen molar-refractivity contribution in [3.63, 3.8) is 0 Å². The fraction of sp³-hybridized carbons (Fsp3) is 0.533. The third-order valence-electron chi connectivity index (χ3n) is 2.94. The van der Waals surface area contributed by atoms with Crippen molar-refractivity contribution < 1.29 is 9.18 Å². The normalized spacial score (nSPS) is 13.2. The number of nitrogens with two attached hydrogens (primary N) is 1. The molecule has 0 saturated heterocycles. The van der Waals surface area contributed by atoms with E-state index in [1.807, 2.05) is 0 Å². The molecule has 0 aliphatic rings. The number of halogens is 1. The van der Waals surface area contributed by atoms with Crippen LogP contribution in [0.3, 0.4) is 0 Å². The van der Waals surface area contributed by atoms with Crippen LogP contribution in [-0.2, 0) is 4.79 Å². The zero-order chi connectivity index (χ0) is 14.6. The summed E-state index contributed by atoms with van der Waals surface area (Å²) in [6.07, 6.45) is 0.718. The van der Waals surface area contributed by atoms with Crippen molar-refractivity contribution in [3.05, 3.63) is 29.6 Å². The second-order valence-corrected chi connectivity index (χ2v) is 6.15. The molecule has 0 radical (unpaired) electrons. The van der Waals surface area contributed by atoms with Crippen molar-refractivity contribution in [2.75, 3.05) is 11.9 Å². The van der Waals surface area contributed by atoms with E-state index in [0.29, 0.717) is 17.8 Å². The molecule has 0 spiro atoms. The number of carbonyl (C=O) groups is 1. The van der Waals surface area contributed by atoms with E-state index in [0.717, 1.165) is 6.42 Å². The molecule has 0 fully saturated rings. The Morgan fingerprint density at radius 2 is 2.05 bits per heavy atom. The maximum atomic E-state index is 13.2. The molecule has 19 heavy (non-hydrogen) atoms. The van der Waals surface area contributed by atoms with Crippen LogP contribution in [0.2, 0.25) is 0 Å². The molecule has 0 bridgehead atoms. The van der Waals surface area contributed by atoms with Gasteiger partial charge in [0.15, 0.2) is 0 Å². The van der Waals surface area contributed by atoms with Crippen molar-refractivity contribution in [2.45, 2.75) is 34.1 Å². The lowest BCUT2D eigenvalue weighted by atomic mass is 9.84. The highest BCUT2D eigenvalue weighted by Crippen LogP contribution is 2.25. The van der Waals surface area contributed by atoms with Crippen LogP contribution in [0.5, 0.6) is 0 Å². The van der Waals surface area contributed by atoms with Gasteiger partial charge >= 0.3 is 0 Å². The third kappa shape index (κ3) is 4.99. The van der Waals surface area contributed by atoms with Crippen LogP contribution in [-0.4, -0.2) is 12.5 Å². The minimum absolute atomic E-state index is 0.0418. The van der Waals surface area contributed by atoms with Gasteiger partial charge in [-0.05, 0) is 42.5 Å². The Morgan fingerprint density at radius 1 is 1.42 bits per heavy atom. The summed E-state index contributed by atoms with van der Waals surface area (Å²) in [6, 6.07) is 4.54. The van der Waals surface area contributed by atoms with Crippen molar-refractivity contribution in [2.24, 2.45) is 17.1 Å². The van der Waals surface area contributed by atoms with Crippen molar-refractivity contribution in [1.29, 1.82) is 0 Å². The molecule has 106 valence electrons. The van der Waals surface area contributed by atoms with Gasteiger partial charge in [0.25, 0.3) is 0 Å². The monoisotopic (exact) mass is 266 g/mol. The minimum atomic E-state index is -0.275. The zero-order valence-corrected chi connectivity index (χ0v) is 12.1. The quantitative estimate of drug-likeness (QED) is 0.880. The van der Waals surface area contributed by atoms with E-state index >= 15 is 0 Å². The molecule has 0 heterocycles. The average molecular weight is 266 g/mol. The lowest BCUT2D eigenvalue weighted by molar-refractivity contribution is -0.120. The van der Waals surface area contributed by atoms with Crippen LogP contribution < -0.4 is 11.1 Å². The summed E-state index contributed by atoms with van der Waals surface area (Å²) in [4.78, 5) is 12.1. The van der Waals surface area contributed by atoms with E-state index in [9.17, 15) is 9.18 Å². The van der Waals surface area contributed by atoms with E-state index in [1.54, 1.807) is 19.1 Å². The molecule has 4 heteroatoms. The molecule has 3 N–H and O–H groups in total. The van der Waals surface area contributed by atoms with E-state index in [1.165, 1.54) is 6.07 Å². The number of carbonyl (C=O) groups excluding carboxylic acids is 1. The smallest absolute Gasteiger partial charge is 0.228 e. The number of hydrogen-bond acceptors (Lipinski definition) is 2. The SMILES string of the molecule is Cc1cc(NC(=O)C(CN)CC(C)(C)C)ccc1F. The van der Waals surface area contributed by atoms with Crippen molar-refractivity contribution in [1.82, 2.24) is 0 Å². The molecule has 1 aromatic carbocycles. The van der Waals surface area contributed by atoms with Crippen molar-refractivity contribution in [3.8, 4) is 0 Å². The number of benzene rings is 1. The molecule has 0 aliphatic carbocycles. The molecule has 1 aromatic rings. The Bertz CT molecular complexity index is 452. The van der Waals surface area contributed by atoms with Crippen LogP contribution in [0.4, 0.5) is 10.1 Å². The molecule has 1 amide bonds. The Kier molecular flexibility index (Phi) is 5.06. The number of hydrogen-bond donors (Lipinski definition) is 2. The molecule has 1 atom stereocenters. The van der Waals surface area contributed by atoms with Gasteiger partial charge in [-0.25, -0.2) is 4.39 Å². The molecule has 0 aromatic heterocycles. The summed E-state index contributed by atoms with van der Waals surface area (Å²) in [7, 11) is 0. The maximum absolute atomic E-state index is 13.2. The van der Waals surface area contributed by atoms with Gasteiger partial charge in [-0.1, -0.05) is 20.8 Å². The van der Waals surface area contributed by atoms with Crippen molar-refractivity contribution >= 4 is 11.6 Å². The Labute approximate surface area is 114 Å². The summed E-state index contributed by atoms with van der Waals surface area (Å²) in [5.41, 5.74) is 6.83. The van der Waals surface area contributed by atoms with Crippen LogP contribution in [0.15, 0.2) is 18.2 Å².